The molecule has 0 amide bonds. The van der Waals surface area contributed by atoms with E-state index in [1.807, 2.05) is 0 Å². The van der Waals surface area contributed by atoms with E-state index in [4.69, 9.17) is 10.8 Å². The van der Waals surface area contributed by atoms with Crippen LogP contribution in [0.4, 0.5) is 5.69 Å². The van der Waals surface area contributed by atoms with Gasteiger partial charge in [-0.3, -0.25) is 0 Å². The van der Waals surface area contributed by atoms with E-state index in [0.29, 0.717) is 4.90 Å². The van der Waals surface area contributed by atoms with Crippen molar-refractivity contribution in [1.82, 2.24) is 0 Å². The number of nitrogen functional groups attached to an aromatic ring is 1. The Labute approximate surface area is 105 Å². The Morgan fingerprint density at radius 2 is 2.12 bits per heavy atom. The number of para-hydroxylation sites is 1. The largest absolute Gasteiger partial charge is 0.397 e. The van der Waals surface area contributed by atoms with Crippen LogP contribution in [0.1, 0.15) is 0 Å². The first-order chi connectivity index (χ1) is 7.86. The van der Waals surface area contributed by atoms with Gasteiger partial charge in [-0.25, -0.2) is 8.42 Å². The molecule has 0 aliphatic heterocycles. The third kappa shape index (κ3) is 3.88. The molecule has 0 aliphatic carbocycles. The van der Waals surface area contributed by atoms with E-state index in [9.17, 15) is 13.5 Å². The molecule has 1 unspecified atom stereocenters. The molecule has 0 spiro atoms. The first kappa shape index (κ1) is 14.3. The van der Waals surface area contributed by atoms with Crippen LogP contribution in [0.15, 0.2) is 28.0 Å². The second-order valence-corrected chi connectivity index (χ2v) is 6.63. The molecule has 4 N–H and O–H groups in total. The Hall–Kier alpha value is -0.760. The molecule has 0 bridgehead atoms. The number of rotatable bonds is 5. The highest BCUT2D eigenvalue weighted by Crippen LogP contribution is 2.30. The van der Waals surface area contributed by atoms with Gasteiger partial charge in [-0.15, -0.1) is 11.8 Å². The summed E-state index contributed by atoms with van der Waals surface area (Å²) >= 11 is 1.21. The van der Waals surface area contributed by atoms with E-state index in [2.05, 4.69) is 0 Å². The van der Waals surface area contributed by atoms with Crippen LogP contribution < -0.4 is 5.73 Å². The van der Waals surface area contributed by atoms with Gasteiger partial charge in [0.05, 0.1) is 23.3 Å². The molecule has 1 aromatic carbocycles. The maximum atomic E-state index is 11.4. The molecule has 0 radical (unpaired) electrons. The fraction of sp³-hybridized carbons (Fsp3) is 0.400. The van der Waals surface area contributed by atoms with E-state index < -0.39 is 15.9 Å². The van der Waals surface area contributed by atoms with Crippen LogP contribution in [-0.4, -0.2) is 43.4 Å². The molecule has 1 rings (SSSR count). The third-order valence-electron chi connectivity index (χ3n) is 2.07. The fourth-order valence-corrected chi connectivity index (χ4v) is 3.03. The summed E-state index contributed by atoms with van der Waals surface area (Å²) < 4.78 is 22.8. The van der Waals surface area contributed by atoms with Gasteiger partial charge in [0.2, 0.25) is 0 Å². The van der Waals surface area contributed by atoms with Gasteiger partial charge in [-0.1, -0.05) is 6.07 Å². The highest BCUT2D eigenvalue weighted by molar-refractivity contribution is 7.99. The molecule has 7 heteroatoms. The quantitative estimate of drug-likeness (QED) is 0.522. The number of sulfone groups is 1. The molecule has 5 nitrogen and oxygen atoms in total. The number of benzene rings is 1. The summed E-state index contributed by atoms with van der Waals surface area (Å²) in [6.45, 7) is -0.335. The summed E-state index contributed by atoms with van der Waals surface area (Å²) in [6, 6.07) is 4.72. The van der Waals surface area contributed by atoms with Gasteiger partial charge in [0.15, 0.2) is 9.84 Å². The van der Waals surface area contributed by atoms with E-state index in [1.165, 1.54) is 17.8 Å². The van der Waals surface area contributed by atoms with Gasteiger partial charge in [0.1, 0.15) is 0 Å². The van der Waals surface area contributed by atoms with Crippen LogP contribution in [0.2, 0.25) is 0 Å². The van der Waals surface area contributed by atoms with Crippen molar-refractivity contribution in [1.29, 1.82) is 0 Å². The lowest BCUT2D eigenvalue weighted by molar-refractivity contribution is 0.113. The van der Waals surface area contributed by atoms with Gasteiger partial charge < -0.3 is 15.9 Å². The van der Waals surface area contributed by atoms with Crippen LogP contribution in [0, 0.1) is 0 Å². The summed E-state index contributed by atoms with van der Waals surface area (Å²) in [5, 5.41) is 17.9. The van der Waals surface area contributed by atoms with Crippen molar-refractivity contribution in [2.24, 2.45) is 0 Å². The molecule has 0 heterocycles. The SMILES string of the molecule is CS(=O)(=O)c1cccc(SCC(O)CO)c1N. The normalized spacial score (nSPS) is 13.6. The molecule has 0 aromatic heterocycles. The van der Waals surface area contributed by atoms with E-state index in [-0.39, 0.29) is 22.9 Å². The van der Waals surface area contributed by atoms with Crippen molar-refractivity contribution in [2.75, 3.05) is 24.3 Å². The topological polar surface area (TPSA) is 101 Å². The second kappa shape index (κ2) is 5.72. The summed E-state index contributed by atoms with van der Waals surface area (Å²) in [6.07, 6.45) is 0.247. The van der Waals surface area contributed by atoms with Crippen molar-refractivity contribution in [3.05, 3.63) is 18.2 Å². The highest BCUT2D eigenvalue weighted by Gasteiger charge is 2.15. The van der Waals surface area contributed by atoms with Crippen molar-refractivity contribution >= 4 is 27.3 Å². The Morgan fingerprint density at radius 3 is 2.65 bits per heavy atom. The predicted octanol–water partition coefficient (Wildman–Crippen LogP) is 0.118. The van der Waals surface area contributed by atoms with E-state index in [0.717, 1.165) is 6.26 Å². The summed E-state index contributed by atoms with van der Waals surface area (Å²) in [7, 11) is -3.35. The highest BCUT2D eigenvalue weighted by atomic mass is 32.2. The minimum Gasteiger partial charge on any atom is -0.397 e. The fourth-order valence-electron chi connectivity index (χ4n) is 1.21. The van der Waals surface area contributed by atoms with Crippen LogP contribution in [0.5, 0.6) is 0 Å². The van der Waals surface area contributed by atoms with Crippen LogP contribution in [0.3, 0.4) is 0 Å². The maximum Gasteiger partial charge on any atom is 0.177 e. The van der Waals surface area contributed by atoms with Crippen molar-refractivity contribution in [2.45, 2.75) is 15.9 Å². The lowest BCUT2D eigenvalue weighted by Gasteiger charge is -2.11. The molecule has 1 atom stereocenters. The van der Waals surface area contributed by atoms with Gasteiger partial charge in [0.25, 0.3) is 0 Å². The molecule has 0 fully saturated rings. The smallest absolute Gasteiger partial charge is 0.177 e. The molecule has 0 aliphatic rings. The van der Waals surface area contributed by atoms with Crippen molar-refractivity contribution in [3.8, 4) is 0 Å². The lowest BCUT2D eigenvalue weighted by Crippen LogP contribution is -2.14. The second-order valence-electron chi connectivity index (χ2n) is 3.59. The van der Waals surface area contributed by atoms with Crippen LogP contribution in [-0.2, 0) is 9.84 Å². The number of aliphatic hydroxyl groups is 2. The average molecular weight is 277 g/mol. The number of nitrogens with two attached hydrogens (primary N) is 1. The van der Waals surface area contributed by atoms with Gasteiger partial charge in [0, 0.05) is 16.9 Å². The minimum atomic E-state index is -3.35. The molecule has 0 saturated carbocycles. The van der Waals surface area contributed by atoms with Crippen LogP contribution in [0.25, 0.3) is 0 Å². The molecule has 17 heavy (non-hydrogen) atoms. The van der Waals surface area contributed by atoms with E-state index >= 15 is 0 Å². The number of aliphatic hydroxyl groups excluding tert-OH is 2. The average Bonchev–Trinajstić information content (AvgIpc) is 2.25. The Balaban J connectivity index is 2.96. The first-order valence-electron chi connectivity index (χ1n) is 4.86. The number of hydrogen-bond acceptors (Lipinski definition) is 6. The molecule has 1 aromatic rings. The third-order valence-corrected chi connectivity index (χ3v) is 4.44. The zero-order valence-corrected chi connectivity index (χ0v) is 11.0. The Bertz CT molecular complexity index is 487. The summed E-state index contributed by atoms with van der Waals surface area (Å²) in [4.78, 5) is 0.668. The van der Waals surface area contributed by atoms with Gasteiger partial charge in [-0.2, -0.15) is 0 Å². The standard InChI is InChI=1S/C10H15NO4S2/c1-17(14,15)9-4-2-3-8(10(9)11)16-6-7(13)5-12/h2-4,7,12-13H,5-6,11H2,1H3. The number of anilines is 1. The monoisotopic (exact) mass is 277 g/mol. The zero-order valence-electron chi connectivity index (χ0n) is 9.33. The lowest BCUT2D eigenvalue weighted by atomic mass is 10.3. The molecule has 96 valence electrons. The van der Waals surface area contributed by atoms with Crippen LogP contribution >= 0.6 is 11.8 Å². The maximum absolute atomic E-state index is 11.4. The first-order valence-corrected chi connectivity index (χ1v) is 7.74. The number of hydrogen-bond donors (Lipinski definition) is 3. The number of thioether (sulfide) groups is 1. The molecular weight excluding hydrogens is 262 g/mol. The van der Waals surface area contributed by atoms with Gasteiger partial charge in [-0.05, 0) is 12.1 Å². The molecule has 0 saturated heterocycles. The Kier molecular flexibility index (Phi) is 4.81. The summed E-state index contributed by atoms with van der Waals surface area (Å²) in [5.74, 6) is 0.258. The predicted molar refractivity (Wildman–Crippen MR) is 67.8 cm³/mol. The van der Waals surface area contributed by atoms with Crippen molar-refractivity contribution in [3.63, 3.8) is 0 Å². The zero-order chi connectivity index (χ0) is 13.1. The minimum absolute atomic E-state index is 0.0842. The van der Waals surface area contributed by atoms with E-state index in [1.54, 1.807) is 12.1 Å². The summed E-state index contributed by atoms with van der Waals surface area (Å²) in [5.41, 5.74) is 5.94. The molecular formula is C10H15NO4S2. The Morgan fingerprint density at radius 1 is 1.47 bits per heavy atom. The van der Waals surface area contributed by atoms with Crippen molar-refractivity contribution < 1.29 is 18.6 Å². The van der Waals surface area contributed by atoms with Gasteiger partial charge >= 0.3 is 0 Å².